The van der Waals surface area contributed by atoms with E-state index in [2.05, 4.69) is 27.4 Å². The van der Waals surface area contributed by atoms with E-state index in [9.17, 15) is 0 Å². The molecule has 0 bridgehead atoms. The fourth-order valence-electron chi connectivity index (χ4n) is 2.45. The molecule has 2 aromatic heterocycles. The molecule has 1 saturated heterocycles. The van der Waals surface area contributed by atoms with E-state index < -0.39 is 0 Å². The maximum Gasteiger partial charge on any atom is 0.234 e. The fourth-order valence-corrected chi connectivity index (χ4v) is 2.45. The van der Waals surface area contributed by atoms with Crippen molar-refractivity contribution in [1.29, 1.82) is 0 Å². The summed E-state index contributed by atoms with van der Waals surface area (Å²) in [5.41, 5.74) is 1.99. The van der Waals surface area contributed by atoms with Gasteiger partial charge in [-0.3, -0.25) is 4.98 Å². The SMILES string of the molecule is CCNC1COCC1c1nc(-c2cnccc2C)no1. The van der Waals surface area contributed by atoms with E-state index in [1.54, 1.807) is 12.4 Å². The second-order valence-corrected chi connectivity index (χ2v) is 4.95. The Morgan fingerprint density at radius 2 is 2.30 bits per heavy atom. The molecule has 0 amide bonds. The molecule has 6 heteroatoms. The minimum Gasteiger partial charge on any atom is -0.379 e. The Morgan fingerprint density at radius 1 is 1.40 bits per heavy atom. The van der Waals surface area contributed by atoms with Gasteiger partial charge >= 0.3 is 0 Å². The van der Waals surface area contributed by atoms with Crippen molar-refractivity contribution in [3.8, 4) is 11.4 Å². The van der Waals surface area contributed by atoms with Crippen LogP contribution >= 0.6 is 0 Å². The summed E-state index contributed by atoms with van der Waals surface area (Å²) in [6.07, 6.45) is 3.52. The topological polar surface area (TPSA) is 73.1 Å². The third-order valence-electron chi connectivity index (χ3n) is 3.59. The number of aromatic nitrogens is 3. The number of hydrogen-bond donors (Lipinski definition) is 1. The quantitative estimate of drug-likeness (QED) is 0.911. The fraction of sp³-hybridized carbons (Fsp3) is 0.500. The zero-order valence-electron chi connectivity index (χ0n) is 11.7. The molecule has 0 aliphatic carbocycles. The van der Waals surface area contributed by atoms with Crippen LogP contribution in [0.25, 0.3) is 11.4 Å². The molecule has 20 heavy (non-hydrogen) atoms. The molecule has 0 saturated carbocycles. The number of rotatable bonds is 4. The summed E-state index contributed by atoms with van der Waals surface area (Å²) in [4.78, 5) is 8.63. The Hall–Kier alpha value is -1.79. The van der Waals surface area contributed by atoms with Gasteiger partial charge in [0.1, 0.15) is 0 Å². The molecule has 0 radical (unpaired) electrons. The first kappa shape index (κ1) is 13.2. The molecule has 106 valence electrons. The van der Waals surface area contributed by atoms with Gasteiger partial charge in [-0.25, -0.2) is 0 Å². The van der Waals surface area contributed by atoms with Crippen molar-refractivity contribution < 1.29 is 9.26 Å². The second-order valence-electron chi connectivity index (χ2n) is 4.95. The average Bonchev–Trinajstić information content (AvgIpc) is 3.08. The van der Waals surface area contributed by atoms with Gasteiger partial charge in [0.15, 0.2) is 0 Å². The first-order valence-electron chi connectivity index (χ1n) is 6.85. The molecular formula is C14H18N4O2. The number of nitrogens with zero attached hydrogens (tertiary/aromatic N) is 3. The van der Waals surface area contributed by atoms with Crippen LogP contribution in [0.5, 0.6) is 0 Å². The Bertz CT molecular complexity index is 584. The van der Waals surface area contributed by atoms with Gasteiger partial charge in [0.05, 0.1) is 19.1 Å². The molecule has 0 spiro atoms. The highest BCUT2D eigenvalue weighted by Gasteiger charge is 2.33. The van der Waals surface area contributed by atoms with Gasteiger partial charge in [0.25, 0.3) is 0 Å². The predicted molar refractivity (Wildman–Crippen MR) is 73.3 cm³/mol. The zero-order valence-corrected chi connectivity index (χ0v) is 11.7. The summed E-state index contributed by atoms with van der Waals surface area (Å²) in [6, 6.07) is 2.18. The van der Waals surface area contributed by atoms with Crippen molar-refractivity contribution in [3.63, 3.8) is 0 Å². The van der Waals surface area contributed by atoms with E-state index in [1.165, 1.54) is 0 Å². The summed E-state index contributed by atoms with van der Waals surface area (Å²) in [6.45, 7) is 6.28. The van der Waals surface area contributed by atoms with Crippen LogP contribution in [0.2, 0.25) is 0 Å². The lowest BCUT2D eigenvalue weighted by atomic mass is 10.0. The van der Waals surface area contributed by atoms with Crippen molar-refractivity contribution in [3.05, 3.63) is 29.9 Å². The number of aryl methyl sites for hydroxylation is 1. The summed E-state index contributed by atoms with van der Waals surface area (Å²) in [5, 5.41) is 7.47. The molecule has 0 aromatic carbocycles. The highest BCUT2D eigenvalue weighted by atomic mass is 16.5. The maximum atomic E-state index is 5.51. The maximum absolute atomic E-state index is 5.51. The Balaban J connectivity index is 1.85. The van der Waals surface area contributed by atoms with Crippen molar-refractivity contribution >= 4 is 0 Å². The van der Waals surface area contributed by atoms with Crippen LogP contribution in [0.3, 0.4) is 0 Å². The van der Waals surface area contributed by atoms with Gasteiger partial charge in [0.2, 0.25) is 11.7 Å². The molecule has 2 aromatic rings. The lowest BCUT2D eigenvalue weighted by Crippen LogP contribution is -2.34. The first-order valence-corrected chi connectivity index (χ1v) is 6.85. The monoisotopic (exact) mass is 274 g/mol. The van der Waals surface area contributed by atoms with Gasteiger partial charge < -0.3 is 14.6 Å². The highest BCUT2D eigenvalue weighted by molar-refractivity contribution is 5.57. The van der Waals surface area contributed by atoms with Crippen LogP contribution in [0.4, 0.5) is 0 Å². The molecule has 1 aliphatic rings. The van der Waals surface area contributed by atoms with E-state index in [0.29, 0.717) is 24.9 Å². The molecule has 2 unspecified atom stereocenters. The van der Waals surface area contributed by atoms with Crippen LogP contribution in [-0.2, 0) is 4.74 Å². The molecule has 6 nitrogen and oxygen atoms in total. The Kier molecular flexibility index (Phi) is 3.75. The summed E-state index contributed by atoms with van der Waals surface area (Å²) < 4.78 is 10.9. The van der Waals surface area contributed by atoms with E-state index in [0.717, 1.165) is 17.7 Å². The minimum absolute atomic E-state index is 0.119. The Morgan fingerprint density at radius 3 is 3.10 bits per heavy atom. The first-order chi connectivity index (χ1) is 9.79. The third-order valence-corrected chi connectivity index (χ3v) is 3.59. The van der Waals surface area contributed by atoms with Crippen LogP contribution < -0.4 is 5.32 Å². The summed E-state index contributed by atoms with van der Waals surface area (Å²) in [7, 11) is 0. The van der Waals surface area contributed by atoms with Gasteiger partial charge in [-0.05, 0) is 25.1 Å². The molecule has 1 N–H and O–H groups in total. The second kappa shape index (κ2) is 5.68. The number of pyridine rings is 1. The van der Waals surface area contributed by atoms with E-state index in [-0.39, 0.29) is 12.0 Å². The summed E-state index contributed by atoms with van der Waals surface area (Å²) >= 11 is 0. The summed E-state index contributed by atoms with van der Waals surface area (Å²) in [5.74, 6) is 1.34. The third kappa shape index (κ3) is 2.44. The minimum atomic E-state index is 0.119. The molecule has 2 atom stereocenters. The van der Waals surface area contributed by atoms with E-state index in [4.69, 9.17) is 9.26 Å². The number of hydrogen-bond acceptors (Lipinski definition) is 6. The van der Waals surface area contributed by atoms with Crippen molar-refractivity contribution in [1.82, 2.24) is 20.4 Å². The van der Waals surface area contributed by atoms with Crippen molar-refractivity contribution in [2.24, 2.45) is 0 Å². The van der Waals surface area contributed by atoms with Crippen molar-refractivity contribution in [2.75, 3.05) is 19.8 Å². The zero-order chi connectivity index (χ0) is 13.9. The standard InChI is InChI=1S/C14H18N4O2/c1-3-16-12-8-19-7-11(12)14-17-13(18-20-14)10-6-15-5-4-9(10)2/h4-6,11-12,16H,3,7-8H2,1-2H3. The smallest absolute Gasteiger partial charge is 0.234 e. The normalized spacial score (nSPS) is 22.3. The molecular weight excluding hydrogens is 256 g/mol. The van der Waals surface area contributed by atoms with Crippen LogP contribution in [0.15, 0.2) is 23.0 Å². The van der Waals surface area contributed by atoms with E-state index in [1.807, 2.05) is 13.0 Å². The van der Waals surface area contributed by atoms with Gasteiger partial charge in [-0.15, -0.1) is 0 Å². The molecule has 3 rings (SSSR count). The number of ether oxygens (including phenoxy) is 1. The van der Waals surface area contributed by atoms with Gasteiger partial charge in [-0.1, -0.05) is 12.1 Å². The van der Waals surface area contributed by atoms with Crippen LogP contribution in [0.1, 0.15) is 24.3 Å². The van der Waals surface area contributed by atoms with Crippen molar-refractivity contribution in [2.45, 2.75) is 25.8 Å². The molecule has 1 fully saturated rings. The molecule has 3 heterocycles. The highest BCUT2D eigenvalue weighted by Crippen LogP contribution is 2.27. The average molecular weight is 274 g/mol. The van der Waals surface area contributed by atoms with Crippen LogP contribution in [-0.4, -0.2) is 40.9 Å². The lowest BCUT2D eigenvalue weighted by molar-refractivity contribution is 0.185. The molecule has 1 aliphatic heterocycles. The van der Waals surface area contributed by atoms with Gasteiger partial charge in [-0.2, -0.15) is 4.98 Å². The van der Waals surface area contributed by atoms with Gasteiger partial charge in [0, 0.05) is 24.0 Å². The van der Waals surface area contributed by atoms with Crippen LogP contribution in [0, 0.1) is 6.92 Å². The largest absolute Gasteiger partial charge is 0.379 e. The number of nitrogens with one attached hydrogen (secondary N) is 1. The number of likely N-dealkylation sites (N-methyl/N-ethyl adjacent to an activating group) is 1. The lowest BCUT2D eigenvalue weighted by Gasteiger charge is -2.13. The van der Waals surface area contributed by atoms with E-state index >= 15 is 0 Å². The Labute approximate surface area is 117 Å². The predicted octanol–water partition coefficient (Wildman–Crippen LogP) is 1.53.